The first-order valence-corrected chi connectivity index (χ1v) is 10.2. The van der Waals surface area contributed by atoms with Gasteiger partial charge >= 0.3 is 0 Å². The van der Waals surface area contributed by atoms with E-state index in [1.54, 1.807) is 12.1 Å². The number of methoxy groups -OCH3 is 1. The topological polar surface area (TPSA) is 9.23 Å². The van der Waals surface area contributed by atoms with E-state index in [2.05, 4.69) is 31.2 Å². The van der Waals surface area contributed by atoms with Gasteiger partial charge in [-0.05, 0) is 59.0 Å². The molecule has 0 radical (unpaired) electrons. The first kappa shape index (κ1) is 20.1. The maximum absolute atomic E-state index is 15.2. The normalized spacial score (nSPS) is 11.1. The maximum Gasteiger partial charge on any atom is 0.165 e. The highest BCUT2D eigenvalue weighted by Gasteiger charge is 2.12. The lowest BCUT2D eigenvalue weighted by Gasteiger charge is -2.10. The highest BCUT2D eigenvalue weighted by atomic mass is 19.1. The van der Waals surface area contributed by atoms with E-state index >= 15 is 4.39 Å². The van der Waals surface area contributed by atoms with Crippen LogP contribution in [0.5, 0.6) is 5.75 Å². The van der Waals surface area contributed by atoms with E-state index in [1.807, 2.05) is 24.3 Å². The predicted octanol–water partition coefficient (Wildman–Crippen LogP) is 7.14. The Balaban J connectivity index is 1.58. The van der Waals surface area contributed by atoms with Crippen LogP contribution in [0.3, 0.4) is 0 Å². The van der Waals surface area contributed by atoms with Crippen molar-refractivity contribution >= 4 is 10.8 Å². The lowest BCUT2D eigenvalue weighted by Crippen LogP contribution is -1.94. The molecule has 0 aromatic heterocycles. The van der Waals surface area contributed by atoms with Gasteiger partial charge in [0.1, 0.15) is 5.82 Å². The van der Waals surface area contributed by atoms with E-state index in [1.165, 1.54) is 35.9 Å². The van der Waals surface area contributed by atoms with Crippen LogP contribution in [0.2, 0.25) is 0 Å². The van der Waals surface area contributed by atoms with Crippen LogP contribution in [0.4, 0.5) is 8.78 Å². The summed E-state index contributed by atoms with van der Waals surface area (Å²) in [6.07, 6.45) is 2.89. The Hall–Kier alpha value is -3.20. The number of benzene rings is 4. The van der Waals surface area contributed by atoms with Gasteiger partial charge in [0.05, 0.1) is 7.11 Å². The Morgan fingerprint density at radius 1 is 0.733 bits per heavy atom. The van der Waals surface area contributed by atoms with Crippen molar-refractivity contribution in [2.24, 2.45) is 0 Å². The Morgan fingerprint density at radius 3 is 2.13 bits per heavy atom. The number of halogens is 2. The molecule has 0 amide bonds. The zero-order valence-electron chi connectivity index (χ0n) is 17.2. The lowest BCUT2D eigenvalue weighted by molar-refractivity contribution is 0.386. The molecule has 4 aromatic rings. The summed E-state index contributed by atoms with van der Waals surface area (Å²) in [6.45, 7) is 2.15. The first-order valence-electron chi connectivity index (χ1n) is 10.2. The summed E-state index contributed by atoms with van der Waals surface area (Å²) in [4.78, 5) is 0. The van der Waals surface area contributed by atoms with Crippen LogP contribution < -0.4 is 4.74 Å². The van der Waals surface area contributed by atoms with Crippen molar-refractivity contribution in [3.8, 4) is 16.9 Å². The Kier molecular flexibility index (Phi) is 5.80. The van der Waals surface area contributed by atoms with Crippen LogP contribution in [0.1, 0.15) is 23.6 Å². The monoisotopic (exact) mass is 402 g/mol. The second-order valence-electron chi connectivity index (χ2n) is 7.50. The summed E-state index contributed by atoms with van der Waals surface area (Å²) < 4.78 is 34.2. The van der Waals surface area contributed by atoms with E-state index in [0.29, 0.717) is 16.5 Å². The minimum absolute atomic E-state index is 0.147. The third-order valence-corrected chi connectivity index (χ3v) is 5.61. The summed E-state index contributed by atoms with van der Waals surface area (Å²) in [5.74, 6) is -0.690. The van der Waals surface area contributed by atoms with Gasteiger partial charge in [0.15, 0.2) is 11.6 Å². The maximum atomic E-state index is 15.2. The van der Waals surface area contributed by atoms with Gasteiger partial charge in [0.25, 0.3) is 0 Å². The number of aryl methyl sites for hydroxylation is 3. The van der Waals surface area contributed by atoms with Crippen molar-refractivity contribution in [2.75, 3.05) is 7.11 Å². The smallest absolute Gasteiger partial charge is 0.165 e. The van der Waals surface area contributed by atoms with E-state index in [0.717, 1.165) is 24.6 Å². The van der Waals surface area contributed by atoms with Gasteiger partial charge in [-0.25, -0.2) is 8.78 Å². The second kappa shape index (κ2) is 8.66. The molecule has 4 rings (SSSR count). The predicted molar refractivity (Wildman–Crippen MR) is 119 cm³/mol. The van der Waals surface area contributed by atoms with Crippen molar-refractivity contribution in [1.82, 2.24) is 0 Å². The van der Waals surface area contributed by atoms with E-state index in [-0.39, 0.29) is 11.6 Å². The second-order valence-corrected chi connectivity index (χ2v) is 7.50. The molecule has 1 nitrogen and oxygen atoms in total. The summed E-state index contributed by atoms with van der Waals surface area (Å²) >= 11 is 0. The Bertz CT molecular complexity index is 1180. The average Bonchev–Trinajstić information content (AvgIpc) is 2.78. The van der Waals surface area contributed by atoms with Gasteiger partial charge in [-0.15, -0.1) is 0 Å². The summed E-state index contributed by atoms with van der Waals surface area (Å²) in [7, 11) is 1.41. The molecule has 0 saturated carbocycles. The van der Waals surface area contributed by atoms with Crippen LogP contribution in [0, 0.1) is 11.6 Å². The van der Waals surface area contributed by atoms with Crippen molar-refractivity contribution in [3.05, 3.63) is 101 Å². The van der Waals surface area contributed by atoms with E-state index in [4.69, 9.17) is 4.74 Å². The minimum atomic E-state index is -0.503. The molecule has 0 aliphatic rings. The average molecular weight is 402 g/mol. The van der Waals surface area contributed by atoms with Gasteiger partial charge in [0.2, 0.25) is 0 Å². The molecule has 0 atom stereocenters. The molecule has 4 aromatic carbocycles. The highest BCUT2D eigenvalue weighted by molar-refractivity contribution is 5.88. The quantitative estimate of drug-likeness (QED) is 0.333. The zero-order valence-corrected chi connectivity index (χ0v) is 17.2. The van der Waals surface area contributed by atoms with Gasteiger partial charge in [-0.2, -0.15) is 0 Å². The molecular formula is C27H24F2O. The summed E-state index contributed by atoms with van der Waals surface area (Å²) in [6, 6.07) is 22.7. The molecular weight excluding hydrogens is 378 g/mol. The van der Waals surface area contributed by atoms with Crippen molar-refractivity contribution in [3.63, 3.8) is 0 Å². The third-order valence-electron chi connectivity index (χ3n) is 5.61. The molecule has 0 saturated heterocycles. The van der Waals surface area contributed by atoms with Gasteiger partial charge in [0, 0.05) is 10.9 Å². The third kappa shape index (κ3) is 4.06. The van der Waals surface area contributed by atoms with Crippen LogP contribution in [-0.4, -0.2) is 7.11 Å². The fraction of sp³-hybridized carbons (Fsp3) is 0.185. The molecule has 0 bridgehead atoms. The van der Waals surface area contributed by atoms with Crippen molar-refractivity contribution < 1.29 is 13.5 Å². The lowest BCUT2D eigenvalue weighted by atomic mass is 9.97. The number of ether oxygens (including phenoxy) is 1. The molecule has 3 heteroatoms. The Labute approximate surface area is 175 Å². The molecule has 0 aliphatic carbocycles. The van der Waals surface area contributed by atoms with Crippen LogP contribution in [0.25, 0.3) is 21.9 Å². The molecule has 0 fully saturated rings. The highest BCUT2D eigenvalue weighted by Crippen LogP contribution is 2.32. The first-order chi connectivity index (χ1) is 14.6. The van der Waals surface area contributed by atoms with E-state index < -0.39 is 5.82 Å². The van der Waals surface area contributed by atoms with Crippen LogP contribution in [0.15, 0.2) is 72.8 Å². The number of rotatable bonds is 6. The van der Waals surface area contributed by atoms with Crippen molar-refractivity contribution in [2.45, 2.75) is 26.2 Å². The largest absolute Gasteiger partial charge is 0.494 e. The fourth-order valence-corrected chi connectivity index (χ4v) is 3.78. The molecule has 0 spiro atoms. The van der Waals surface area contributed by atoms with E-state index in [9.17, 15) is 4.39 Å². The standard InChI is InChI=1S/C27H24F2O/c1-3-18-4-6-19(7-5-18)8-9-20-10-13-23-21(16-20)11-14-24(27(23)29)22-12-15-26(30-2)25(28)17-22/h4-7,10-17H,3,8-9H2,1-2H3. The fourth-order valence-electron chi connectivity index (χ4n) is 3.78. The molecule has 30 heavy (non-hydrogen) atoms. The molecule has 0 unspecified atom stereocenters. The van der Waals surface area contributed by atoms with Gasteiger partial charge in [-0.1, -0.05) is 67.6 Å². The Morgan fingerprint density at radius 2 is 1.43 bits per heavy atom. The summed E-state index contributed by atoms with van der Waals surface area (Å²) in [5.41, 5.74) is 4.69. The number of fused-ring (bicyclic) bond motifs is 1. The summed E-state index contributed by atoms with van der Waals surface area (Å²) in [5, 5.41) is 1.39. The number of hydrogen-bond donors (Lipinski definition) is 0. The van der Waals surface area contributed by atoms with Gasteiger partial charge < -0.3 is 4.74 Å². The van der Waals surface area contributed by atoms with Crippen LogP contribution >= 0.6 is 0 Å². The number of hydrogen-bond acceptors (Lipinski definition) is 1. The SMILES string of the molecule is CCc1ccc(CCc2ccc3c(F)c(-c4ccc(OC)c(F)c4)ccc3c2)cc1. The molecule has 0 heterocycles. The zero-order chi connectivity index (χ0) is 21.1. The molecule has 0 aliphatic heterocycles. The van der Waals surface area contributed by atoms with Crippen molar-refractivity contribution in [1.29, 1.82) is 0 Å². The minimum Gasteiger partial charge on any atom is -0.494 e. The molecule has 0 N–H and O–H groups in total. The van der Waals surface area contributed by atoms with Crippen LogP contribution in [-0.2, 0) is 19.3 Å². The molecule has 152 valence electrons. The van der Waals surface area contributed by atoms with Gasteiger partial charge in [-0.3, -0.25) is 0 Å².